The summed E-state index contributed by atoms with van der Waals surface area (Å²) in [6, 6.07) is 7.69. The predicted molar refractivity (Wildman–Crippen MR) is 75.6 cm³/mol. The van der Waals surface area contributed by atoms with Crippen molar-refractivity contribution in [3.05, 3.63) is 41.5 Å². The Morgan fingerprint density at radius 3 is 2.90 bits per heavy atom. The van der Waals surface area contributed by atoms with Crippen LogP contribution >= 0.6 is 0 Å². The van der Waals surface area contributed by atoms with E-state index in [1.807, 2.05) is 12.1 Å². The molecule has 0 aromatic heterocycles. The van der Waals surface area contributed by atoms with Gasteiger partial charge in [-0.15, -0.1) is 0 Å². The summed E-state index contributed by atoms with van der Waals surface area (Å²) in [6.45, 7) is -1.35. The summed E-state index contributed by atoms with van der Waals surface area (Å²) in [4.78, 5) is 2.33. The van der Waals surface area contributed by atoms with Crippen molar-refractivity contribution in [1.29, 1.82) is 0 Å². The number of likely N-dealkylation sites (N-methyl/N-ethyl adjacent to an activating group) is 1. The molecule has 2 heterocycles. The van der Waals surface area contributed by atoms with Crippen LogP contribution in [0.3, 0.4) is 0 Å². The maximum atomic E-state index is 12.5. The molecule has 1 aromatic carbocycles. The Morgan fingerprint density at radius 2 is 2.14 bits per heavy atom. The average molecular weight is 295 g/mol. The Balaban J connectivity index is 1.78. The molecule has 2 bridgehead atoms. The van der Waals surface area contributed by atoms with Crippen molar-refractivity contribution in [1.82, 2.24) is 4.90 Å². The standard InChI is InChI=1S/C16H19F2NO2/c1-19-13-7-11(8-14(19)10-20-9-13)6-12-4-2-3-5-15(12)21-16(17)18/h2-5,7,13-14,16H,6,8-10H2,1H3. The first-order chi connectivity index (χ1) is 10.1. The Labute approximate surface area is 123 Å². The van der Waals surface area contributed by atoms with Crippen molar-refractivity contribution in [2.45, 2.75) is 31.5 Å². The number of halogens is 2. The van der Waals surface area contributed by atoms with E-state index in [9.17, 15) is 8.78 Å². The summed E-state index contributed by atoms with van der Waals surface area (Å²) in [5, 5.41) is 0. The lowest BCUT2D eigenvalue weighted by Gasteiger charge is -2.42. The van der Waals surface area contributed by atoms with Gasteiger partial charge in [0.1, 0.15) is 5.75 Å². The van der Waals surface area contributed by atoms with E-state index in [1.165, 1.54) is 5.57 Å². The number of morpholine rings is 1. The zero-order valence-electron chi connectivity index (χ0n) is 12.0. The summed E-state index contributed by atoms with van der Waals surface area (Å²) >= 11 is 0. The minimum absolute atomic E-state index is 0.272. The van der Waals surface area contributed by atoms with Crippen LogP contribution in [-0.4, -0.2) is 43.9 Å². The number of fused-ring (bicyclic) bond motifs is 2. The molecule has 2 aliphatic rings. The van der Waals surface area contributed by atoms with Gasteiger partial charge in [0.2, 0.25) is 0 Å². The molecule has 2 aliphatic heterocycles. The molecule has 3 rings (SSSR count). The number of hydrogen-bond acceptors (Lipinski definition) is 3. The molecule has 0 amide bonds. The van der Waals surface area contributed by atoms with Gasteiger partial charge in [-0.3, -0.25) is 4.90 Å². The first-order valence-corrected chi connectivity index (χ1v) is 7.15. The average Bonchev–Trinajstić information content (AvgIpc) is 2.41. The second kappa shape index (κ2) is 6.12. The number of ether oxygens (including phenoxy) is 2. The topological polar surface area (TPSA) is 21.7 Å². The van der Waals surface area contributed by atoms with Crippen molar-refractivity contribution >= 4 is 0 Å². The highest BCUT2D eigenvalue weighted by atomic mass is 19.3. The predicted octanol–water partition coefficient (Wildman–Crippen LogP) is 2.86. The van der Waals surface area contributed by atoms with Crippen LogP contribution in [0.5, 0.6) is 5.75 Å². The first kappa shape index (κ1) is 14.5. The molecule has 3 nitrogen and oxygen atoms in total. The molecule has 2 unspecified atom stereocenters. The highest BCUT2D eigenvalue weighted by molar-refractivity contribution is 5.37. The number of benzene rings is 1. The van der Waals surface area contributed by atoms with Crippen molar-refractivity contribution in [3.63, 3.8) is 0 Å². The summed E-state index contributed by atoms with van der Waals surface area (Å²) in [6.07, 6.45) is 3.77. The molecule has 1 saturated heterocycles. The molecular weight excluding hydrogens is 276 g/mol. The molecule has 1 aromatic rings. The summed E-state index contributed by atoms with van der Waals surface area (Å²) in [7, 11) is 2.11. The molecule has 21 heavy (non-hydrogen) atoms. The van der Waals surface area contributed by atoms with Gasteiger partial charge in [-0.25, -0.2) is 0 Å². The van der Waals surface area contributed by atoms with Crippen molar-refractivity contribution in [2.24, 2.45) is 0 Å². The number of alkyl halides is 2. The number of para-hydroxylation sites is 1. The Kier molecular flexibility index (Phi) is 4.22. The van der Waals surface area contributed by atoms with Crippen molar-refractivity contribution in [2.75, 3.05) is 20.3 Å². The van der Waals surface area contributed by atoms with E-state index in [0.29, 0.717) is 19.1 Å². The third kappa shape index (κ3) is 3.24. The molecule has 0 saturated carbocycles. The lowest BCUT2D eigenvalue weighted by atomic mass is 9.90. The van der Waals surface area contributed by atoms with Crippen molar-refractivity contribution in [3.8, 4) is 5.75 Å². The zero-order chi connectivity index (χ0) is 14.8. The summed E-state index contributed by atoms with van der Waals surface area (Å²) in [5.74, 6) is 0.272. The Hall–Kier alpha value is -1.46. The second-order valence-electron chi connectivity index (χ2n) is 5.62. The molecule has 0 aliphatic carbocycles. The number of rotatable bonds is 4. The maximum absolute atomic E-state index is 12.5. The summed E-state index contributed by atoms with van der Waals surface area (Å²) < 4.78 is 35.1. The third-order valence-electron chi connectivity index (χ3n) is 4.23. The van der Waals surface area contributed by atoms with E-state index in [-0.39, 0.29) is 11.8 Å². The third-order valence-corrected chi connectivity index (χ3v) is 4.23. The molecule has 0 spiro atoms. The van der Waals surface area contributed by atoms with Gasteiger partial charge in [0.15, 0.2) is 0 Å². The quantitative estimate of drug-likeness (QED) is 0.797. The van der Waals surface area contributed by atoms with Gasteiger partial charge < -0.3 is 9.47 Å². The highest BCUT2D eigenvalue weighted by Gasteiger charge is 2.31. The normalized spacial score (nSPS) is 25.8. The monoisotopic (exact) mass is 295 g/mol. The molecule has 5 heteroatoms. The first-order valence-electron chi connectivity index (χ1n) is 7.15. The van der Waals surface area contributed by atoms with Crippen LogP contribution in [0.25, 0.3) is 0 Å². The lowest BCUT2D eigenvalue weighted by Crippen LogP contribution is -2.51. The summed E-state index contributed by atoms with van der Waals surface area (Å²) in [5.41, 5.74) is 2.09. The van der Waals surface area contributed by atoms with E-state index >= 15 is 0 Å². The van der Waals surface area contributed by atoms with Gasteiger partial charge in [-0.05, 0) is 31.5 Å². The minimum Gasteiger partial charge on any atom is -0.435 e. The fourth-order valence-corrected chi connectivity index (χ4v) is 3.08. The van der Waals surface area contributed by atoms with E-state index in [2.05, 4.69) is 22.8 Å². The van der Waals surface area contributed by atoms with Gasteiger partial charge in [-0.2, -0.15) is 8.78 Å². The minimum atomic E-state index is -2.79. The van der Waals surface area contributed by atoms with Gasteiger partial charge in [0, 0.05) is 6.04 Å². The van der Waals surface area contributed by atoms with Crippen LogP contribution < -0.4 is 4.74 Å². The van der Waals surface area contributed by atoms with Crippen LogP contribution in [0, 0.1) is 0 Å². The second-order valence-corrected chi connectivity index (χ2v) is 5.62. The number of hydrogen-bond donors (Lipinski definition) is 0. The van der Waals surface area contributed by atoms with E-state index < -0.39 is 6.61 Å². The maximum Gasteiger partial charge on any atom is 0.387 e. The van der Waals surface area contributed by atoms with E-state index in [4.69, 9.17) is 4.74 Å². The van der Waals surface area contributed by atoms with Crippen LogP contribution in [0.4, 0.5) is 8.78 Å². The highest BCUT2D eigenvalue weighted by Crippen LogP contribution is 2.30. The van der Waals surface area contributed by atoms with Crippen LogP contribution in [0.2, 0.25) is 0 Å². The van der Waals surface area contributed by atoms with Gasteiger partial charge >= 0.3 is 6.61 Å². The van der Waals surface area contributed by atoms with Crippen LogP contribution in [0.15, 0.2) is 35.9 Å². The van der Waals surface area contributed by atoms with Gasteiger partial charge in [0.25, 0.3) is 0 Å². The van der Waals surface area contributed by atoms with Gasteiger partial charge in [-0.1, -0.05) is 29.8 Å². The zero-order valence-corrected chi connectivity index (χ0v) is 12.0. The fourth-order valence-electron chi connectivity index (χ4n) is 3.08. The molecule has 2 atom stereocenters. The van der Waals surface area contributed by atoms with E-state index in [1.54, 1.807) is 12.1 Å². The smallest absolute Gasteiger partial charge is 0.387 e. The molecule has 114 valence electrons. The Morgan fingerprint density at radius 1 is 1.33 bits per heavy atom. The van der Waals surface area contributed by atoms with Gasteiger partial charge in [0.05, 0.1) is 19.3 Å². The van der Waals surface area contributed by atoms with Crippen LogP contribution in [0.1, 0.15) is 12.0 Å². The van der Waals surface area contributed by atoms with Crippen LogP contribution in [-0.2, 0) is 11.2 Å². The fraction of sp³-hybridized carbons (Fsp3) is 0.500. The largest absolute Gasteiger partial charge is 0.435 e. The number of nitrogens with zero attached hydrogens (tertiary/aromatic N) is 1. The Bertz CT molecular complexity index is 533. The van der Waals surface area contributed by atoms with Crippen molar-refractivity contribution < 1.29 is 18.3 Å². The molecule has 1 fully saturated rings. The van der Waals surface area contributed by atoms with E-state index in [0.717, 1.165) is 18.6 Å². The molecule has 0 N–H and O–H groups in total. The SMILES string of the molecule is CN1C2C=C(Cc3ccccc3OC(F)F)CC1COC2. The molecular formula is C16H19F2NO2. The lowest BCUT2D eigenvalue weighted by molar-refractivity contribution is -0.0504. The molecule has 0 radical (unpaired) electrons.